The molecule has 0 saturated carbocycles. The van der Waals surface area contributed by atoms with Gasteiger partial charge in [0.2, 0.25) is 23.6 Å². The van der Waals surface area contributed by atoms with Crippen LogP contribution >= 0.6 is 23.2 Å². The van der Waals surface area contributed by atoms with Crippen molar-refractivity contribution < 1.29 is 55.0 Å². The normalized spacial score (nSPS) is 12.7. The molecule has 0 unspecified atom stereocenters. The Bertz CT molecular complexity index is 2970. The third-order valence-corrected chi connectivity index (χ3v) is 11.9. The maximum Gasteiger partial charge on any atom is 0.417 e. The Morgan fingerprint density at radius 3 is 1.49 bits per heavy atom. The topological polar surface area (TPSA) is 189 Å². The molecule has 2 aromatic heterocycles. The summed E-state index contributed by atoms with van der Waals surface area (Å²) in [5.41, 5.74) is 11.3. The molecular formula is C56H58Cl2F6N6O6. The highest BCUT2D eigenvalue weighted by Crippen LogP contribution is 2.33. The number of pyridine rings is 2. The van der Waals surface area contributed by atoms with Crippen LogP contribution < -0.4 is 31.6 Å². The molecule has 0 spiro atoms. The molecule has 76 heavy (non-hydrogen) atoms. The third kappa shape index (κ3) is 17.9. The van der Waals surface area contributed by atoms with Crippen molar-refractivity contribution >= 4 is 52.4 Å². The number of halogens is 8. The first-order valence-electron chi connectivity index (χ1n) is 23.6. The summed E-state index contributed by atoms with van der Waals surface area (Å²) < 4.78 is 88.1. The minimum Gasteiger partial charge on any atom is -0.462 e. The molecule has 2 atom stereocenters. The van der Waals surface area contributed by atoms with Crippen molar-refractivity contribution in [3.63, 3.8) is 0 Å². The van der Waals surface area contributed by atoms with Gasteiger partial charge in [-0.25, -0.2) is 9.97 Å². The minimum atomic E-state index is -4.54. The SMILES string of the molecule is C/C(NC(=O)C(C)(C)Oc1ccc(C(F)(F)F)cn1)=C(\Cc1ccc(Cl)cc1)c1cccc(C(N)=O)c1.CC.C[C@H](NC(=O)C(C)(C)Oc1ccc(C(F)(F)F)cn1)[C@@H](Cc1ccc(Cl)cc1)c1cccc(C(N)=O)c1. The first-order chi connectivity index (χ1) is 35.5. The number of nitrogens with zero attached hydrogens (tertiary/aromatic N) is 2. The predicted molar refractivity (Wildman–Crippen MR) is 281 cm³/mol. The number of nitrogens with one attached hydrogen (secondary N) is 2. The van der Waals surface area contributed by atoms with E-state index in [0.717, 1.165) is 41.0 Å². The van der Waals surface area contributed by atoms with Gasteiger partial charge in [0.25, 0.3) is 11.8 Å². The highest BCUT2D eigenvalue weighted by molar-refractivity contribution is 6.30. The maximum absolute atomic E-state index is 13.2. The molecule has 4 aromatic carbocycles. The molecule has 0 aliphatic carbocycles. The largest absolute Gasteiger partial charge is 0.462 e. The zero-order valence-electron chi connectivity index (χ0n) is 42.8. The molecule has 0 saturated heterocycles. The number of hydrogen-bond acceptors (Lipinski definition) is 8. The van der Waals surface area contributed by atoms with Crippen molar-refractivity contribution in [2.75, 3.05) is 0 Å². The molecule has 20 heteroatoms. The van der Waals surface area contributed by atoms with Crippen molar-refractivity contribution in [3.8, 4) is 11.8 Å². The molecule has 12 nitrogen and oxygen atoms in total. The monoisotopic (exact) mass is 1090 g/mol. The number of nitrogens with two attached hydrogens (primary N) is 2. The van der Waals surface area contributed by atoms with Gasteiger partial charge in [-0.05, 0) is 143 Å². The Labute approximate surface area is 447 Å². The van der Waals surface area contributed by atoms with Crippen molar-refractivity contribution in [2.24, 2.45) is 11.5 Å². The van der Waals surface area contributed by atoms with Gasteiger partial charge in [-0.15, -0.1) is 0 Å². The van der Waals surface area contributed by atoms with Crippen LogP contribution in [0, 0.1) is 0 Å². The second-order valence-electron chi connectivity index (χ2n) is 18.0. The third-order valence-electron chi connectivity index (χ3n) is 11.4. The van der Waals surface area contributed by atoms with E-state index in [-0.39, 0.29) is 17.7 Å². The second kappa shape index (κ2) is 26.4. The summed E-state index contributed by atoms with van der Waals surface area (Å²) in [4.78, 5) is 57.2. The van der Waals surface area contributed by atoms with Crippen LogP contribution in [0.1, 0.15) is 115 Å². The average molecular weight is 1100 g/mol. The van der Waals surface area contributed by atoms with Gasteiger partial charge in [0.05, 0.1) is 11.1 Å². The van der Waals surface area contributed by atoms with Gasteiger partial charge in [-0.2, -0.15) is 26.3 Å². The van der Waals surface area contributed by atoms with Gasteiger partial charge in [0.15, 0.2) is 11.2 Å². The van der Waals surface area contributed by atoms with Crippen LogP contribution in [0.25, 0.3) is 5.57 Å². The number of hydrogen-bond donors (Lipinski definition) is 4. The highest BCUT2D eigenvalue weighted by Gasteiger charge is 2.36. The van der Waals surface area contributed by atoms with E-state index in [1.54, 1.807) is 73.7 Å². The fourth-order valence-electron chi connectivity index (χ4n) is 7.21. The van der Waals surface area contributed by atoms with Crippen molar-refractivity contribution in [1.82, 2.24) is 20.6 Å². The van der Waals surface area contributed by atoms with Crippen LogP contribution in [0.4, 0.5) is 26.3 Å². The summed E-state index contributed by atoms with van der Waals surface area (Å²) >= 11 is 12.0. The van der Waals surface area contributed by atoms with E-state index in [2.05, 4.69) is 20.6 Å². The summed E-state index contributed by atoms with van der Waals surface area (Å²) in [6.45, 7) is 13.5. The number of allylic oxidation sites excluding steroid dienone is 2. The Kier molecular flexibility index (Phi) is 21.2. The Balaban J connectivity index is 0.000000318. The molecule has 2 heterocycles. The number of alkyl halides is 6. The van der Waals surface area contributed by atoms with E-state index in [4.69, 9.17) is 44.1 Å². The lowest BCUT2D eigenvalue weighted by Crippen LogP contribution is -2.51. The summed E-state index contributed by atoms with van der Waals surface area (Å²) in [5, 5.41) is 6.93. The van der Waals surface area contributed by atoms with Gasteiger partial charge >= 0.3 is 12.4 Å². The lowest BCUT2D eigenvalue weighted by molar-refractivity contribution is -0.138. The molecule has 6 N–H and O–H groups in total. The molecule has 0 aliphatic heterocycles. The molecular weight excluding hydrogens is 1040 g/mol. The molecule has 404 valence electrons. The molecule has 6 rings (SSSR count). The van der Waals surface area contributed by atoms with Crippen LogP contribution in [0.5, 0.6) is 11.8 Å². The van der Waals surface area contributed by atoms with Gasteiger partial charge in [-0.3, -0.25) is 19.2 Å². The van der Waals surface area contributed by atoms with Gasteiger partial charge in [0, 0.05) is 63.4 Å². The molecule has 4 amide bonds. The number of benzene rings is 4. The number of amides is 4. The maximum atomic E-state index is 13.2. The van der Waals surface area contributed by atoms with Gasteiger partial charge in [-0.1, -0.05) is 85.6 Å². The van der Waals surface area contributed by atoms with E-state index in [0.29, 0.717) is 63.2 Å². The van der Waals surface area contributed by atoms with E-state index in [9.17, 15) is 45.5 Å². The number of primary amides is 2. The van der Waals surface area contributed by atoms with Crippen molar-refractivity contribution in [3.05, 3.63) is 194 Å². The smallest absolute Gasteiger partial charge is 0.417 e. The zero-order chi connectivity index (χ0) is 56.8. The predicted octanol–water partition coefficient (Wildman–Crippen LogP) is 12.4. The van der Waals surface area contributed by atoms with Crippen molar-refractivity contribution in [2.45, 2.75) is 104 Å². The quantitative estimate of drug-likeness (QED) is 0.0649. The second-order valence-corrected chi connectivity index (χ2v) is 18.9. The van der Waals surface area contributed by atoms with E-state index in [1.807, 2.05) is 51.1 Å². The number of carbonyl (C=O) groups is 4. The van der Waals surface area contributed by atoms with E-state index in [1.165, 1.54) is 27.7 Å². The first kappa shape index (κ1) is 61.1. The Morgan fingerprint density at radius 2 is 1.04 bits per heavy atom. The summed E-state index contributed by atoms with van der Waals surface area (Å²) in [7, 11) is 0. The first-order valence-corrected chi connectivity index (χ1v) is 24.3. The molecule has 0 bridgehead atoms. The van der Waals surface area contributed by atoms with E-state index >= 15 is 0 Å². The zero-order valence-corrected chi connectivity index (χ0v) is 44.3. The lowest BCUT2D eigenvalue weighted by atomic mass is 9.85. The Morgan fingerprint density at radius 1 is 0.605 bits per heavy atom. The number of carbonyl (C=O) groups excluding carboxylic acids is 4. The van der Waals surface area contributed by atoms with Crippen molar-refractivity contribution in [1.29, 1.82) is 0 Å². The van der Waals surface area contributed by atoms with Crippen LogP contribution in [0.15, 0.2) is 139 Å². The minimum absolute atomic E-state index is 0.118. The van der Waals surface area contributed by atoms with Crippen LogP contribution in [-0.2, 0) is 34.8 Å². The molecule has 0 radical (unpaired) electrons. The average Bonchev–Trinajstić information content (AvgIpc) is 3.36. The lowest BCUT2D eigenvalue weighted by Gasteiger charge is -2.31. The summed E-state index contributed by atoms with van der Waals surface area (Å²) in [5.74, 6) is -2.71. The molecule has 6 aromatic rings. The highest BCUT2D eigenvalue weighted by atomic mass is 35.5. The van der Waals surface area contributed by atoms with Crippen LogP contribution in [-0.4, -0.2) is 50.8 Å². The Hall–Kier alpha value is -7.44. The molecule has 0 fully saturated rings. The van der Waals surface area contributed by atoms with Gasteiger partial charge in [0.1, 0.15) is 0 Å². The number of aromatic nitrogens is 2. The fourth-order valence-corrected chi connectivity index (χ4v) is 7.46. The number of ether oxygens (including phenoxy) is 2. The van der Waals surface area contributed by atoms with Crippen LogP contribution in [0.2, 0.25) is 10.0 Å². The fraction of sp³-hybridized carbons (Fsp3) is 0.286. The number of rotatable bonds is 17. The standard InChI is InChI=1S/C27H27ClF3N3O3.C27H25ClF3N3O3.C2H6/c2*1-16(34-25(36)26(2,3)37-23-12-9-20(15-33-23)27(29,30)31)22(13-17-7-10-21(28)11-8-17)18-5-4-6-19(14-18)24(32)35;1-2/h4-12,14-16,22H,13H2,1-3H3,(H2,32,35)(H,34,36);4-12,14-15H,13H2,1-3H3,(H2,32,35)(H,34,36);1-2H3/b;22-16-;/t16-,22+;;/m0../s1. The summed E-state index contributed by atoms with van der Waals surface area (Å²) in [6, 6.07) is 31.4. The molecule has 0 aliphatic rings. The van der Waals surface area contributed by atoms with Gasteiger partial charge < -0.3 is 31.6 Å². The summed E-state index contributed by atoms with van der Waals surface area (Å²) in [6.07, 6.45) is -6.86. The van der Waals surface area contributed by atoms with E-state index < -0.39 is 64.4 Å². The van der Waals surface area contributed by atoms with Crippen LogP contribution in [0.3, 0.4) is 0 Å².